The van der Waals surface area contributed by atoms with Crippen LogP contribution in [0.5, 0.6) is 0 Å². The van der Waals surface area contributed by atoms with Crippen molar-refractivity contribution in [3.05, 3.63) is 69.5 Å². The van der Waals surface area contributed by atoms with Gasteiger partial charge in [-0.2, -0.15) is 0 Å². The molecule has 0 aliphatic carbocycles. The summed E-state index contributed by atoms with van der Waals surface area (Å²) in [7, 11) is 0. The fourth-order valence-corrected chi connectivity index (χ4v) is 2.56. The average molecular weight is 296 g/mol. The van der Waals surface area contributed by atoms with Crippen LogP contribution < -0.4 is 5.56 Å². The van der Waals surface area contributed by atoms with Gasteiger partial charge in [0.05, 0.1) is 16.6 Å². The lowest BCUT2D eigenvalue weighted by Crippen LogP contribution is -2.23. The van der Waals surface area contributed by atoms with Gasteiger partial charge in [-0.05, 0) is 37.6 Å². The van der Waals surface area contributed by atoms with Crippen molar-refractivity contribution in [2.75, 3.05) is 0 Å². The van der Waals surface area contributed by atoms with Crippen molar-refractivity contribution < 1.29 is 4.39 Å². The minimum absolute atomic E-state index is 0.159. The van der Waals surface area contributed by atoms with E-state index in [0.717, 1.165) is 11.3 Å². The molecule has 0 radical (unpaired) electrons. The van der Waals surface area contributed by atoms with E-state index in [4.69, 9.17) is 0 Å². The van der Waals surface area contributed by atoms with Gasteiger partial charge in [0.15, 0.2) is 0 Å². The molecule has 0 fully saturated rings. The summed E-state index contributed by atoms with van der Waals surface area (Å²) in [5.74, 6) is 0.291. The summed E-state index contributed by atoms with van der Waals surface area (Å²) in [6, 6.07) is 10.6. The van der Waals surface area contributed by atoms with Crippen LogP contribution in [0.25, 0.3) is 16.6 Å². The van der Waals surface area contributed by atoms with Crippen LogP contribution in [0.1, 0.15) is 23.9 Å². The molecule has 3 rings (SSSR count). The van der Waals surface area contributed by atoms with Crippen LogP contribution in [0.15, 0.2) is 41.2 Å². The maximum absolute atomic E-state index is 13.7. The Labute approximate surface area is 128 Å². The van der Waals surface area contributed by atoms with Crippen molar-refractivity contribution >= 4 is 10.9 Å². The average Bonchev–Trinajstić information content (AvgIpc) is 2.50. The van der Waals surface area contributed by atoms with E-state index in [1.807, 2.05) is 38.1 Å². The Kier molecular flexibility index (Phi) is 3.53. The monoisotopic (exact) mass is 296 g/mol. The first-order chi connectivity index (χ1) is 10.5. The summed E-state index contributed by atoms with van der Waals surface area (Å²) < 4.78 is 15.3. The molecule has 3 nitrogen and oxygen atoms in total. The van der Waals surface area contributed by atoms with Gasteiger partial charge in [0, 0.05) is 12.5 Å². The van der Waals surface area contributed by atoms with E-state index >= 15 is 0 Å². The van der Waals surface area contributed by atoms with Gasteiger partial charge in [-0.1, -0.05) is 24.6 Å². The molecule has 0 bridgehead atoms. The van der Waals surface area contributed by atoms with Crippen LogP contribution in [0.3, 0.4) is 0 Å². The summed E-state index contributed by atoms with van der Waals surface area (Å²) in [4.78, 5) is 17.3. The third-order valence-corrected chi connectivity index (χ3v) is 3.83. The third-order valence-electron chi connectivity index (χ3n) is 3.83. The second kappa shape index (κ2) is 5.37. The number of hydrogen-bond acceptors (Lipinski definition) is 2. The number of hydrogen-bond donors (Lipinski definition) is 0. The highest BCUT2D eigenvalue weighted by Gasteiger charge is 2.13. The molecule has 1 heterocycles. The maximum Gasteiger partial charge on any atom is 0.265 e. The van der Waals surface area contributed by atoms with E-state index < -0.39 is 0 Å². The topological polar surface area (TPSA) is 34.9 Å². The van der Waals surface area contributed by atoms with E-state index in [1.165, 1.54) is 6.07 Å². The molecule has 0 unspecified atom stereocenters. The zero-order valence-corrected chi connectivity index (χ0v) is 12.9. The fourth-order valence-electron chi connectivity index (χ4n) is 2.56. The summed E-state index contributed by atoms with van der Waals surface area (Å²) >= 11 is 0. The van der Waals surface area contributed by atoms with Gasteiger partial charge in [-0.3, -0.25) is 9.36 Å². The largest absolute Gasteiger partial charge is 0.268 e. The molecule has 2 aromatic carbocycles. The van der Waals surface area contributed by atoms with Crippen molar-refractivity contribution in [3.8, 4) is 5.69 Å². The molecule has 0 saturated carbocycles. The second-order valence-corrected chi connectivity index (χ2v) is 5.48. The number of nitrogens with zero attached hydrogens (tertiary/aromatic N) is 2. The predicted octanol–water partition coefficient (Wildman–Crippen LogP) is 3.70. The first-order valence-corrected chi connectivity index (χ1v) is 7.30. The quantitative estimate of drug-likeness (QED) is 0.722. The van der Waals surface area contributed by atoms with Crippen LogP contribution in [-0.4, -0.2) is 9.55 Å². The summed E-state index contributed by atoms with van der Waals surface area (Å²) in [5, 5.41) is 0.441. The molecule has 0 aliphatic heterocycles. The van der Waals surface area contributed by atoms with Gasteiger partial charge in [0.25, 0.3) is 5.56 Å². The Balaban J connectivity index is 2.38. The first-order valence-electron chi connectivity index (χ1n) is 7.30. The lowest BCUT2D eigenvalue weighted by molar-refractivity contribution is 0.620. The van der Waals surface area contributed by atoms with E-state index in [2.05, 4.69) is 4.98 Å². The minimum Gasteiger partial charge on any atom is -0.268 e. The van der Waals surface area contributed by atoms with Crippen molar-refractivity contribution in [1.29, 1.82) is 0 Å². The number of aryl methyl sites for hydroxylation is 3. The Morgan fingerprint density at radius 3 is 2.45 bits per heavy atom. The highest BCUT2D eigenvalue weighted by molar-refractivity contribution is 5.79. The number of rotatable bonds is 2. The summed E-state index contributed by atoms with van der Waals surface area (Å²) in [6.45, 7) is 5.58. The number of fused-ring (bicyclic) bond motifs is 1. The highest BCUT2D eigenvalue weighted by Crippen LogP contribution is 2.17. The first kappa shape index (κ1) is 14.4. The number of halogens is 1. The molecule has 0 aliphatic rings. The molecule has 3 aromatic rings. The molecule has 1 aromatic heterocycles. The molecule has 0 atom stereocenters. The van der Waals surface area contributed by atoms with Crippen molar-refractivity contribution in [3.63, 3.8) is 0 Å². The lowest BCUT2D eigenvalue weighted by Gasteiger charge is -2.13. The molecule has 0 amide bonds. The standard InChI is InChI=1S/C18H17FN2O/c1-4-17-20-16-10-15(19)12(3)9-14(16)18(22)21(17)13-7-5-11(2)6-8-13/h5-10H,4H2,1-3H3. The molecular formula is C18H17FN2O. The lowest BCUT2D eigenvalue weighted by atomic mass is 10.1. The maximum atomic E-state index is 13.7. The zero-order valence-electron chi connectivity index (χ0n) is 12.9. The highest BCUT2D eigenvalue weighted by atomic mass is 19.1. The van der Waals surface area contributed by atoms with Gasteiger partial charge in [0.1, 0.15) is 11.6 Å². The number of benzene rings is 2. The van der Waals surface area contributed by atoms with Gasteiger partial charge in [-0.15, -0.1) is 0 Å². The molecule has 112 valence electrons. The second-order valence-electron chi connectivity index (χ2n) is 5.48. The van der Waals surface area contributed by atoms with E-state index in [1.54, 1.807) is 17.6 Å². The van der Waals surface area contributed by atoms with Gasteiger partial charge in [0.2, 0.25) is 0 Å². The van der Waals surface area contributed by atoms with Crippen LogP contribution in [0.4, 0.5) is 4.39 Å². The molecule has 0 saturated heterocycles. The Morgan fingerprint density at radius 1 is 1.14 bits per heavy atom. The van der Waals surface area contributed by atoms with E-state index in [9.17, 15) is 9.18 Å². The molecule has 0 spiro atoms. The molecular weight excluding hydrogens is 279 g/mol. The molecule has 0 N–H and O–H groups in total. The van der Waals surface area contributed by atoms with Crippen LogP contribution >= 0.6 is 0 Å². The van der Waals surface area contributed by atoms with E-state index in [-0.39, 0.29) is 11.4 Å². The Hall–Kier alpha value is -2.49. The minimum atomic E-state index is -0.338. The molecule has 22 heavy (non-hydrogen) atoms. The van der Waals surface area contributed by atoms with Gasteiger partial charge < -0.3 is 0 Å². The van der Waals surface area contributed by atoms with Gasteiger partial charge >= 0.3 is 0 Å². The van der Waals surface area contributed by atoms with E-state index in [0.29, 0.717) is 28.7 Å². The van der Waals surface area contributed by atoms with Crippen LogP contribution in [-0.2, 0) is 6.42 Å². The fraction of sp³-hybridized carbons (Fsp3) is 0.222. The SMILES string of the molecule is CCc1nc2cc(F)c(C)cc2c(=O)n1-c1ccc(C)cc1. The zero-order chi connectivity index (χ0) is 15.9. The van der Waals surface area contributed by atoms with Crippen molar-refractivity contribution in [2.24, 2.45) is 0 Å². The van der Waals surface area contributed by atoms with Gasteiger partial charge in [-0.25, -0.2) is 9.37 Å². The summed E-state index contributed by atoms with van der Waals surface area (Å²) in [6.07, 6.45) is 0.592. The smallest absolute Gasteiger partial charge is 0.265 e. The number of aromatic nitrogens is 2. The van der Waals surface area contributed by atoms with Crippen molar-refractivity contribution in [2.45, 2.75) is 27.2 Å². The Bertz CT molecular complexity index is 911. The normalized spacial score (nSPS) is 11.1. The van der Waals surface area contributed by atoms with Crippen molar-refractivity contribution in [1.82, 2.24) is 9.55 Å². The molecule has 4 heteroatoms. The van der Waals surface area contributed by atoms with Crippen LogP contribution in [0, 0.1) is 19.7 Å². The third kappa shape index (κ3) is 2.30. The predicted molar refractivity (Wildman–Crippen MR) is 86.2 cm³/mol. The Morgan fingerprint density at radius 2 is 1.82 bits per heavy atom. The summed E-state index contributed by atoms with van der Waals surface area (Å²) in [5.41, 5.74) is 2.61. The van der Waals surface area contributed by atoms with Crippen LogP contribution in [0.2, 0.25) is 0 Å².